The Bertz CT molecular complexity index is 563. The number of nitrogens with zero attached hydrogens (tertiary/aromatic N) is 1. The molecule has 1 aromatic rings. The number of aliphatic imine (C=N–C) groups is 1. The van der Waals surface area contributed by atoms with E-state index in [0.717, 1.165) is 44.1 Å². The van der Waals surface area contributed by atoms with E-state index in [0.29, 0.717) is 26.4 Å². The fourth-order valence-electron chi connectivity index (χ4n) is 2.93. The van der Waals surface area contributed by atoms with Gasteiger partial charge in [-0.15, -0.1) is 24.0 Å². The van der Waals surface area contributed by atoms with E-state index in [-0.39, 0.29) is 29.6 Å². The molecule has 0 bridgehead atoms. The Balaban J connectivity index is 0.00000364. The number of benzene rings is 1. The van der Waals surface area contributed by atoms with Crippen molar-refractivity contribution in [3.05, 3.63) is 35.4 Å². The summed E-state index contributed by atoms with van der Waals surface area (Å²) < 4.78 is 16.7. The number of hydrogen-bond acceptors (Lipinski definition) is 4. The molecule has 1 heterocycles. The lowest BCUT2D eigenvalue weighted by molar-refractivity contribution is 0.0243. The van der Waals surface area contributed by atoms with Crippen molar-refractivity contribution in [2.45, 2.75) is 45.4 Å². The van der Waals surface area contributed by atoms with Gasteiger partial charge in [-0.1, -0.05) is 24.3 Å². The third-order valence-electron chi connectivity index (χ3n) is 4.45. The van der Waals surface area contributed by atoms with Crippen LogP contribution in [0.3, 0.4) is 0 Å². The van der Waals surface area contributed by atoms with Gasteiger partial charge in [0.05, 0.1) is 25.4 Å². The van der Waals surface area contributed by atoms with Crippen molar-refractivity contribution in [3.63, 3.8) is 0 Å². The minimum Gasteiger partial charge on any atom is -0.379 e. The van der Waals surface area contributed by atoms with Crippen LogP contribution >= 0.6 is 24.0 Å². The molecule has 1 aromatic carbocycles. The Morgan fingerprint density at radius 1 is 1.22 bits per heavy atom. The summed E-state index contributed by atoms with van der Waals surface area (Å²) in [6, 6.07) is 8.39. The highest BCUT2D eigenvalue weighted by molar-refractivity contribution is 14.0. The van der Waals surface area contributed by atoms with Crippen LogP contribution in [0.1, 0.15) is 37.8 Å². The molecular formula is C20H34IN3O3. The molecule has 0 aromatic heterocycles. The second-order valence-electron chi connectivity index (χ2n) is 6.75. The maximum Gasteiger partial charge on any atom is 0.191 e. The number of rotatable bonds is 10. The van der Waals surface area contributed by atoms with Crippen molar-refractivity contribution < 1.29 is 14.2 Å². The van der Waals surface area contributed by atoms with Gasteiger partial charge in [0.15, 0.2) is 5.96 Å². The summed E-state index contributed by atoms with van der Waals surface area (Å²) in [5.74, 6) is 0.792. The predicted molar refractivity (Wildman–Crippen MR) is 120 cm³/mol. The number of guanidine groups is 1. The van der Waals surface area contributed by atoms with Crippen molar-refractivity contribution >= 4 is 29.9 Å². The van der Waals surface area contributed by atoms with E-state index >= 15 is 0 Å². The van der Waals surface area contributed by atoms with Gasteiger partial charge in [-0.3, -0.25) is 4.99 Å². The van der Waals surface area contributed by atoms with Gasteiger partial charge < -0.3 is 24.8 Å². The maximum absolute atomic E-state index is 5.81. The monoisotopic (exact) mass is 491 g/mol. The first-order valence-corrected chi connectivity index (χ1v) is 9.47. The predicted octanol–water partition coefficient (Wildman–Crippen LogP) is 3.09. The Morgan fingerprint density at radius 3 is 2.70 bits per heavy atom. The largest absolute Gasteiger partial charge is 0.379 e. The zero-order valence-corrected chi connectivity index (χ0v) is 19.1. The number of halogens is 1. The summed E-state index contributed by atoms with van der Waals surface area (Å²) >= 11 is 0. The topological polar surface area (TPSA) is 64.1 Å². The Morgan fingerprint density at radius 2 is 2.00 bits per heavy atom. The molecular weight excluding hydrogens is 457 g/mol. The minimum atomic E-state index is -0.0869. The molecule has 1 aliphatic rings. The molecule has 27 heavy (non-hydrogen) atoms. The summed E-state index contributed by atoms with van der Waals surface area (Å²) in [5.41, 5.74) is 2.27. The van der Waals surface area contributed by atoms with E-state index in [1.807, 2.05) is 6.92 Å². The second kappa shape index (κ2) is 13.3. The van der Waals surface area contributed by atoms with Gasteiger partial charge in [0.2, 0.25) is 0 Å². The van der Waals surface area contributed by atoms with Crippen molar-refractivity contribution in [3.8, 4) is 0 Å². The lowest BCUT2D eigenvalue weighted by atomic mass is 10.0. The first-order valence-electron chi connectivity index (χ1n) is 9.47. The highest BCUT2D eigenvalue weighted by Crippen LogP contribution is 2.23. The van der Waals surface area contributed by atoms with E-state index in [2.05, 4.69) is 46.8 Å². The van der Waals surface area contributed by atoms with E-state index < -0.39 is 0 Å². The van der Waals surface area contributed by atoms with Crippen LogP contribution in [0.4, 0.5) is 0 Å². The standard InChI is InChI=1S/C20H33N3O3.HI/c1-4-24-11-12-25-15-18-8-5-7-17(13-18)14-22-19(21-3)23-16-20(2)9-6-10-26-20;/h5,7-8,13H,4,6,9-12,14-16H2,1-3H3,(H2,21,22,23);1H. The minimum absolute atomic E-state index is 0. The average molecular weight is 491 g/mol. The van der Waals surface area contributed by atoms with Gasteiger partial charge in [-0.05, 0) is 37.8 Å². The maximum atomic E-state index is 5.81. The normalized spacial score (nSPS) is 19.6. The summed E-state index contributed by atoms with van der Waals surface area (Å²) in [6.45, 7) is 9.05. The zero-order valence-electron chi connectivity index (χ0n) is 16.8. The quantitative estimate of drug-likeness (QED) is 0.228. The number of ether oxygens (including phenoxy) is 3. The van der Waals surface area contributed by atoms with Crippen LogP contribution in [0.15, 0.2) is 29.3 Å². The molecule has 1 fully saturated rings. The third-order valence-corrected chi connectivity index (χ3v) is 4.45. The van der Waals surface area contributed by atoms with Gasteiger partial charge in [0, 0.05) is 33.4 Å². The third kappa shape index (κ3) is 9.23. The molecule has 2 rings (SSSR count). The van der Waals surface area contributed by atoms with Crippen LogP contribution in [-0.2, 0) is 27.4 Å². The van der Waals surface area contributed by atoms with E-state index in [1.54, 1.807) is 7.05 Å². The Kier molecular flexibility index (Phi) is 11.9. The molecule has 6 nitrogen and oxygen atoms in total. The molecule has 0 radical (unpaired) electrons. The van der Waals surface area contributed by atoms with E-state index in [9.17, 15) is 0 Å². The summed E-state index contributed by atoms with van der Waals surface area (Å²) in [7, 11) is 1.79. The van der Waals surface area contributed by atoms with Crippen molar-refractivity contribution in [1.29, 1.82) is 0 Å². The summed E-state index contributed by atoms with van der Waals surface area (Å²) in [4.78, 5) is 4.30. The molecule has 1 atom stereocenters. The smallest absolute Gasteiger partial charge is 0.191 e. The first-order chi connectivity index (χ1) is 12.6. The molecule has 0 spiro atoms. The fourth-order valence-corrected chi connectivity index (χ4v) is 2.93. The van der Waals surface area contributed by atoms with Gasteiger partial charge in [-0.2, -0.15) is 0 Å². The van der Waals surface area contributed by atoms with Crippen molar-refractivity contribution in [2.75, 3.05) is 40.0 Å². The molecule has 1 saturated heterocycles. The van der Waals surface area contributed by atoms with Crippen LogP contribution < -0.4 is 10.6 Å². The molecule has 7 heteroatoms. The number of nitrogens with one attached hydrogen (secondary N) is 2. The lowest BCUT2D eigenvalue weighted by Gasteiger charge is -2.24. The molecule has 1 unspecified atom stereocenters. The molecule has 0 aliphatic carbocycles. The van der Waals surface area contributed by atoms with Crippen LogP contribution in [-0.4, -0.2) is 51.6 Å². The summed E-state index contributed by atoms with van der Waals surface area (Å²) in [6.07, 6.45) is 2.21. The van der Waals surface area contributed by atoms with Gasteiger partial charge in [0.25, 0.3) is 0 Å². The van der Waals surface area contributed by atoms with E-state index in [1.165, 1.54) is 5.56 Å². The van der Waals surface area contributed by atoms with Gasteiger partial charge >= 0.3 is 0 Å². The highest BCUT2D eigenvalue weighted by Gasteiger charge is 2.29. The lowest BCUT2D eigenvalue weighted by Crippen LogP contribution is -2.45. The molecule has 154 valence electrons. The van der Waals surface area contributed by atoms with E-state index in [4.69, 9.17) is 14.2 Å². The zero-order chi connectivity index (χ0) is 18.7. The van der Waals surface area contributed by atoms with Crippen LogP contribution in [0.25, 0.3) is 0 Å². The SMILES string of the molecule is CCOCCOCc1cccc(CNC(=NC)NCC2(C)CCCO2)c1.I. The molecule has 2 N–H and O–H groups in total. The molecule has 1 aliphatic heterocycles. The van der Waals surface area contributed by atoms with Crippen molar-refractivity contribution in [2.24, 2.45) is 4.99 Å². The second-order valence-corrected chi connectivity index (χ2v) is 6.75. The molecule has 0 saturated carbocycles. The van der Waals surface area contributed by atoms with Crippen LogP contribution in [0.2, 0.25) is 0 Å². The first kappa shape index (κ1) is 24.1. The summed E-state index contributed by atoms with van der Waals surface area (Å²) in [5, 5.41) is 6.73. The average Bonchev–Trinajstić information content (AvgIpc) is 3.09. The fraction of sp³-hybridized carbons (Fsp3) is 0.650. The van der Waals surface area contributed by atoms with Crippen LogP contribution in [0, 0.1) is 0 Å². The Hall–Kier alpha value is -0.900. The van der Waals surface area contributed by atoms with Gasteiger partial charge in [0.1, 0.15) is 0 Å². The van der Waals surface area contributed by atoms with Gasteiger partial charge in [-0.25, -0.2) is 0 Å². The van der Waals surface area contributed by atoms with Crippen molar-refractivity contribution in [1.82, 2.24) is 10.6 Å². The van der Waals surface area contributed by atoms with Crippen LogP contribution in [0.5, 0.6) is 0 Å². The highest BCUT2D eigenvalue weighted by atomic mass is 127. The molecule has 0 amide bonds. The number of hydrogen-bond donors (Lipinski definition) is 2. The Labute approximate surface area is 180 Å².